The monoisotopic (exact) mass is 326 g/mol. The highest BCUT2D eigenvalue weighted by molar-refractivity contribution is 7.88. The number of carbonyl (C=O) groups excluding carboxylic acids is 1. The van der Waals surface area contributed by atoms with E-state index in [1.165, 1.54) is 6.26 Å². The zero-order valence-corrected chi connectivity index (χ0v) is 13.8. The number of carbonyl (C=O) groups is 1. The van der Waals surface area contributed by atoms with Gasteiger partial charge in [0.05, 0.1) is 6.26 Å². The summed E-state index contributed by atoms with van der Waals surface area (Å²) in [7, 11) is -1.33. The number of hydrogen-bond acceptors (Lipinski definition) is 4. The highest BCUT2D eigenvalue weighted by Crippen LogP contribution is 2.49. The van der Waals surface area contributed by atoms with E-state index in [-0.39, 0.29) is 17.4 Å². The molecule has 7 nitrogen and oxygen atoms in total. The molecule has 0 radical (unpaired) electrons. The van der Waals surface area contributed by atoms with Crippen LogP contribution in [0.25, 0.3) is 0 Å². The predicted molar refractivity (Wildman–Crippen MR) is 81.8 cm³/mol. The number of aryl methyl sites for hydroxylation is 1. The topological polar surface area (TPSA) is 84.3 Å². The summed E-state index contributed by atoms with van der Waals surface area (Å²) in [4.78, 5) is 14.2. The maximum atomic E-state index is 12.3. The summed E-state index contributed by atoms with van der Waals surface area (Å²) in [6.07, 6.45) is 6.61. The van der Waals surface area contributed by atoms with Crippen LogP contribution in [0.4, 0.5) is 0 Å². The van der Waals surface area contributed by atoms with Crippen molar-refractivity contribution in [1.29, 1.82) is 0 Å². The Kier molecular flexibility index (Phi) is 3.76. The van der Waals surface area contributed by atoms with Gasteiger partial charge in [0.1, 0.15) is 5.69 Å². The van der Waals surface area contributed by atoms with Gasteiger partial charge in [-0.3, -0.25) is 9.48 Å². The van der Waals surface area contributed by atoms with Crippen molar-refractivity contribution in [2.45, 2.75) is 31.7 Å². The molecule has 0 aromatic carbocycles. The molecule has 3 rings (SSSR count). The van der Waals surface area contributed by atoms with E-state index in [1.807, 2.05) is 4.90 Å². The fraction of sp³-hybridized carbons (Fsp3) is 0.714. The standard InChI is InChI=1S/C14H22N4O3S/c1-17-6-3-12(15-17)13(19)18-7-4-14(5-8-18)9-11(10-14)16-22(2,20)21/h3,6,11,16H,4-5,7-10H2,1-2H3. The fourth-order valence-corrected chi connectivity index (χ4v) is 4.43. The van der Waals surface area contributed by atoms with E-state index in [1.54, 1.807) is 24.0 Å². The van der Waals surface area contributed by atoms with Gasteiger partial charge in [0.15, 0.2) is 0 Å². The third-order valence-corrected chi connectivity index (χ3v) is 5.55. The Hall–Kier alpha value is -1.41. The molecule has 22 heavy (non-hydrogen) atoms. The van der Waals surface area contributed by atoms with E-state index in [0.29, 0.717) is 5.69 Å². The molecule has 2 heterocycles. The molecule has 1 amide bonds. The molecule has 1 N–H and O–H groups in total. The Labute approximate surface area is 130 Å². The molecule has 2 aliphatic rings. The van der Waals surface area contributed by atoms with Crippen LogP contribution < -0.4 is 4.72 Å². The van der Waals surface area contributed by atoms with E-state index < -0.39 is 10.0 Å². The predicted octanol–water partition coefficient (Wildman–Crippen LogP) is 0.354. The quantitative estimate of drug-likeness (QED) is 0.869. The Morgan fingerprint density at radius 1 is 1.36 bits per heavy atom. The summed E-state index contributed by atoms with van der Waals surface area (Å²) in [6, 6.07) is 1.80. The lowest BCUT2D eigenvalue weighted by Gasteiger charge is -2.52. The first-order valence-electron chi connectivity index (χ1n) is 7.53. The van der Waals surface area contributed by atoms with E-state index in [2.05, 4.69) is 9.82 Å². The summed E-state index contributed by atoms with van der Waals surface area (Å²) < 4.78 is 26.8. The number of nitrogens with one attached hydrogen (secondary N) is 1. The molecule has 1 aromatic heterocycles. The molecular formula is C14H22N4O3S. The summed E-state index contributed by atoms with van der Waals surface area (Å²) in [5.41, 5.74) is 0.701. The second-order valence-corrected chi connectivity index (χ2v) is 8.44. The third-order valence-electron chi connectivity index (χ3n) is 4.78. The lowest BCUT2D eigenvalue weighted by Crippen LogP contribution is -2.55. The second-order valence-electron chi connectivity index (χ2n) is 6.66. The van der Waals surface area contributed by atoms with Gasteiger partial charge in [-0.05, 0) is 37.2 Å². The lowest BCUT2D eigenvalue weighted by atomic mass is 9.60. The minimum absolute atomic E-state index is 0.0133. The van der Waals surface area contributed by atoms with Gasteiger partial charge in [-0.2, -0.15) is 5.10 Å². The van der Waals surface area contributed by atoms with Gasteiger partial charge in [0, 0.05) is 32.4 Å². The highest BCUT2D eigenvalue weighted by atomic mass is 32.2. The molecule has 0 atom stereocenters. The van der Waals surface area contributed by atoms with Crippen LogP contribution in [-0.4, -0.2) is 54.4 Å². The van der Waals surface area contributed by atoms with Crippen LogP contribution in [0.2, 0.25) is 0 Å². The van der Waals surface area contributed by atoms with Crippen molar-refractivity contribution in [2.75, 3.05) is 19.3 Å². The second kappa shape index (κ2) is 5.34. The fourth-order valence-electron chi connectivity index (χ4n) is 3.66. The molecule has 1 aliphatic heterocycles. The van der Waals surface area contributed by atoms with Crippen LogP contribution in [-0.2, 0) is 17.1 Å². The smallest absolute Gasteiger partial charge is 0.274 e. The normalized spacial score (nSPS) is 21.8. The number of likely N-dealkylation sites (tertiary alicyclic amines) is 1. The number of hydrogen-bond donors (Lipinski definition) is 1. The Bertz CT molecular complexity index is 666. The van der Waals surface area contributed by atoms with Gasteiger partial charge in [0.25, 0.3) is 5.91 Å². The van der Waals surface area contributed by atoms with E-state index >= 15 is 0 Å². The van der Waals surface area contributed by atoms with Gasteiger partial charge in [-0.15, -0.1) is 0 Å². The van der Waals surface area contributed by atoms with Crippen molar-refractivity contribution in [2.24, 2.45) is 12.5 Å². The molecule has 1 saturated carbocycles. The number of rotatable bonds is 3. The average molecular weight is 326 g/mol. The number of nitrogens with zero attached hydrogens (tertiary/aromatic N) is 3. The van der Waals surface area contributed by atoms with Crippen molar-refractivity contribution in [1.82, 2.24) is 19.4 Å². The summed E-state index contributed by atoms with van der Waals surface area (Å²) >= 11 is 0. The minimum atomic E-state index is -3.12. The van der Waals surface area contributed by atoms with Crippen molar-refractivity contribution in [3.63, 3.8) is 0 Å². The zero-order valence-electron chi connectivity index (χ0n) is 12.9. The maximum Gasteiger partial charge on any atom is 0.274 e. The zero-order chi connectivity index (χ0) is 16.0. The Balaban J connectivity index is 1.52. The third kappa shape index (κ3) is 3.17. The number of piperidine rings is 1. The molecular weight excluding hydrogens is 304 g/mol. The summed E-state index contributed by atoms with van der Waals surface area (Å²) in [5, 5.41) is 4.16. The molecule has 1 aromatic rings. The molecule has 1 spiro atoms. The van der Waals surface area contributed by atoms with Crippen molar-refractivity contribution in [3.8, 4) is 0 Å². The molecule has 0 bridgehead atoms. The van der Waals surface area contributed by atoms with E-state index in [9.17, 15) is 13.2 Å². The van der Waals surface area contributed by atoms with E-state index in [0.717, 1.165) is 38.8 Å². The average Bonchev–Trinajstić information content (AvgIpc) is 2.82. The van der Waals surface area contributed by atoms with Crippen molar-refractivity contribution in [3.05, 3.63) is 18.0 Å². The van der Waals surface area contributed by atoms with Crippen LogP contribution in [0.1, 0.15) is 36.2 Å². The molecule has 8 heteroatoms. The van der Waals surface area contributed by atoms with Crippen LogP contribution in [0.3, 0.4) is 0 Å². The van der Waals surface area contributed by atoms with Crippen LogP contribution >= 0.6 is 0 Å². The molecule has 122 valence electrons. The number of amides is 1. The molecule has 1 saturated heterocycles. The maximum absolute atomic E-state index is 12.3. The summed E-state index contributed by atoms with van der Waals surface area (Å²) in [6.45, 7) is 1.45. The Morgan fingerprint density at radius 2 is 2.00 bits per heavy atom. The largest absolute Gasteiger partial charge is 0.337 e. The lowest BCUT2D eigenvalue weighted by molar-refractivity contribution is 0.0135. The SMILES string of the molecule is Cn1ccc(C(=O)N2CCC3(CC2)CC(NS(C)(=O)=O)C3)n1. The number of aromatic nitrogens is 2. The first-order chi connectivity index (χ1) is 10.3. The van der Waals surface area contributed by atoms with Crippen LogP contribution in [0.5, 0.6) is 0 Å². The van der Waals surface area contributed by atoms with E-state index in [4.69, 9.17) is 0 Å². The highest BCUT2D eigenvalue weighted by Gasteiger charge is 2.47. The first-order valence-corrected chi connectivity index (χ1v) is 9.42. The summed E-state index contributed by atoms with van der Waals surface area (Å²) in [5.74, 6) is -0.0133. The minimum Gasteiger partial charge on any atom is -0.337 e. The van der Waals surface area contributed by atoms with Gasteiger partial charge in [-0.25, -0.2) is 13.1 Å². The van der Waals surface area contributed by atoms with Crippen molar-refractivity contribution < 1.29 is 13.2 Å². The van der Waals surface area contributed by atoms with Crippen LogP contribution in [0.15, 0.2) is 12.3 Å². The molecule has 0 unspecified atom stereocenters. The van der Waals surface area contributed by atoms with Gasteiger partial charge >= 0.3 is 0 Å². The van der Waals surface area contributed by atoms with Gasteiger partial charge < -0.3 is 4.90 Å². The molecule has 1 aliphatic carbocycles. The van der Waals surface area contributed by atoms with Crippen molar-refractivity contribution >= 4 is 15.9 Å². The first kappa shape index (κ1) is 15.5. The van der Waals surface area contributed by atoms with Crippen LogP contribution in [0, 0.1) is 5.41 Å². The van der Waals surface area contributed by atoms with Gasteiger partial charge in [-0.1, -0.05) is 0 Å². The Morgan fingerprint density at radius 3 is 2.50 bits per heavy atom. The number of sulfonamides is 1. The molecule has 2 fully saturated rings. The van der Waals surface area contributed by atoms with Gasteiger partial charge in [0.2, 0.25) is 10.0 Å².